The molecule has 0 atom stereocenters. The van der Waals surface area contributed by atoms with Crippen LogP contribution in [-0.4, -0.2) is 0 Å². The molecule has 0 saturated heterocycles. The summed E-state index contributed by atoms with van der Waals surface area (Å²) in [4.78, 5) is 0. The summed E-state index contributed by atoms with van der Waals surface area (Å²) in [5.74, 6) is 0. The third-order valence-electron chi connectivity index (χ3n) is 2.63. The van der Waals surface area contributed by atoms with E-state index in [-0.39, 0.29) is 18.6 Å². The van der Waals surface area contributed by atoms with Crippen LogP contribution in [0.5, 0.6) is 0 Å². The van der Waals surface area contributed by atoms with E-state index in [4.69, 9.17) is 0 Å². The highest BCUT2D eigenvalue weighted by Crippen LogP contribution is 2.34. The minimum absolute atomic E-state index is 0. The largest absolute Gasteiger partial charge is 0.344 e. The molecule has 0 saturated carbocycles. The maximum absolute atomic E-state index is 3.94. The molecule has 0 heterocycles. The number of hydrogen-bond donors (Lipinski definition) is 1. The Bertz CT molecular complexity index is 107. The van der Waals surface area contributed by atoms with Gasteiger partial charge >= 0.3 is 0 Å². The van der Waals surface area contributed by atoms with E-state index in [0.717, 1.165) is 0 Å². The van der Waals surface area contributed by atoms with E-state index in [9.17, 15) is 0 Å². The van der Waals surface area contributed by atoms with Gasteiger partial charge in [0, 0.05) is 0 Å². The van der Waals surface area contributed by atoms with Crippen LogP contribution in [0.25, 0.3) is 0 Å². The number of rotatable bonds is 6. The Kier molecular flexibility index (Phi) is 14.5. The van der Waals surface area contributed by atoms with Crippen LogP contribution in [0.2, 0.25) is 0 Å². The van der Waals surface area contributed by atoms with Gasteiger partial charge in [0.05, 0.1) is 0 Å². The highest BCUT2D eigenvalue weighted by molar-refractivity contribution is 5.85. The van der Waals surface area contributed by atoms with Crippen molar-refractivity contribution in [2.24, 2.45) is 5.41 Å². The molecular formula is C11H26ClN. The Morgan fingerprint density at radius 3 is 1.62 bits per heavy atom. The molecular weight excluding hydrogens is 182 g/mol. The van der Waals surface area contributed by atoms with Crippen molar-refractivity contribution in [2.45, 2.75) is 52.9 Å². The Morgan fingerprint density at radius 1 is 1.08 bits per heavy atom. The third kappa shape index (κ3) is 6.11. The predicted octanol–water partition coefficient (Wildman–Crippen LogP) is 4.75. The topological polar surface area (TPSA) is 35.0 Å². The Labute approximate surface area is 90.0 Å². The lowest BCUT2D eigenvalue weighted by Gasteiger charge is -2.28. The van der Waals surface area contributed by atoms with E-state index in [1.54, 1.807) is 0 Å². The van der Waals surface area contributed by atoms with Crippen LogP contribution in [0.1, 0.15) is 52.9 Å². The van der Waals surface area contributed by atoms with Gasteiger partial charge in [-0.2, -0.15) is 0 Å². The van der Waals surface area contributed by atoms with Crippen LogP contribution in [-0.2, 0) is 0 Å². The second kappa shape index (κ2) is 10.1. The van der Waals surface area contributed by atoms with Crippen LogP contribution >= 0.6 is 12.4 Å². The highest BCUT2D eigenvalue weighted by Gasteiger charge is 2.21. The normalized spacial score (nSPS) is 9.77. The first-order chi connectivity index (χ1) is 5.24. The zero-order valence-corrected chi connectivity index (χ0v) is 10.3. The van der Waals surface area contributed by atoms with Crippen LogP contribution in [0.15, 0.2) is 12.7 Å². The van der Waals surface area contributed by atoms with E-state index in [0.29, 0.717) is 5.41 Å². The molecule has 0 amide bonds. The maximum atomic E-state index is 3.94. The lowest BCUT2D eigenvalue weighted by molar-refractivity contribution is 0.304. The molecule has 2 heteroatoms. The molecule has 0 fully saturated rings. The van der Waals surface area contributed by atoms with Crippen LogP contribution in [0.4, 0.5) is 0 Å². The molecule has 1 nitrogen and oxygen atoms in total. The van der Waals surface area contributed by atoms with Gasteiger partial charge in [-0.05, 0) is 24.7 Å². The standard InChI is InChI=1S/C11H22.ClH.H3N/c1-5-9-11(7-3,8-4)10-6-2;;/h7H,3,5-6,8-10H2,1-2,4H3;1H;1H3. The molecule has 13 heavy (non-hydrogen) atoms. The van der Waals surface area contributed by atoms with Crippen molar-refractivity contribution in [1.29, 1.82) is 0 Å². The summed E-state index contributed by atoms with van der Waals surface area (Å²) in [6, 6.07) is 0. The molecule has 0 radical (unpaired) electrons. The lowest BCUT2D eigenvalue weighted by Crippen LogP contribution is -2.15. The van der Waals surface area contributed by atoms with Crippen molar-refractivity contribution in [2.75, 3.05) is 0 Å². The number of halogens is 1. The zero-order valence-electron chi connectivity index (χ0n) is 9.44. The second-order valence-corrected chi connectivity index (χ2v) is 3.42. The first kappa shape index (κ1) is 18.7. The summed E-state index contributed by atoms with van der Waals surface area (Å²) in [6.45, 7) is 10.7. The van der Waals surface area contributed by atoms with Crippen LogP contribution in [0, 0.1) is 5.41 Å². The zero-order chi connectivity index (χ0) is 8.74. The Morgan fingerprint density at radius 2 is 1.46 bits per heavy atom. The first-order valence-electron chi connectivity index (χ1n) is 4.88. The fourth-order valence-electron chi connectivity index (χ4n) is 1.82. The van der Waals surface area contributed by atoms with Crippen molar-refractivity contribution in [3.8, 4) is 0 Å². The molecule has 0 aromatic heterocycles. The lowest BCUT2D eigenvalue weighted by atomic mass is 9.77. The minimum atomic E-state index is 0. The van der Waals surface area contributed by atoms with Gasteiger partial charge in [-0.3, -0.25) is 0 Å². The molecule has 0 aliphatic rings. The minimum Gasteiger partial charge on any atom is -0.344 e. The van der Waals surface area contributed by atoms with Crippen molar-refractivity contribution < 1.29 is 0 Å². The molecule has 0 bridgehead atoms. The molecule has 3 N–H and O–H groups in total. The van der Waals surface area contributed by atoms with E-state index in [2.05, 4.69) is 33.4 Å². The molecule has 0 spiro atoms. The summed E-state index contributed by atoms with van der Waals surface area (Å²) >= 11 is 0. The van der Waals surface area contributed by atoms with Gasteiger partial charge in [0.15, 0.2) is 0 Å². The average molecular weight is 208 g/mol. The molecule has 0 unspecified atom stereocenters. The van der Waals surface area contributed by atoms with Gasteiger partial charge < -0.3 is 6.15 Å². The molecule has 0 aliphatic carbocycles. The quantitative estimate of drug-likeness (QED) is 0.627. The Balaban J connectivity index is -0.000000500. The van der Waals surface area contributed by atoms with Crippen molar-refractivity contribution in [1.82, 2.24) is 6.15 Å². The summed E-state index contributed by atoms with van der Waals surface area (Å²) in [5.41, 5.74) is 0.448. The summed E-state index contributed by atoms with van der Waals surface area (Å²) < 4.78 is 0. The van der Waals surface area contributed by atoms with E-state index < -0.39 is 0 Å². The summed E-state index contributed by atoms with van der Waals surface area (Å²) in [5, 5.41) is 0. The van der Waals surface area contributed by atoms with Crippen molar-refractivity contribution >= 4 is 12.4 Å². The SMILES string of the molecule is C=CC(CC)(CCC)CCC.Cl.N. The van der Waals surface area contributed by atoms with Gasteiger partial charge in [0.25, 0.3) is 0 Å². The number of hydrogen-bond acceptors (Lipinski definition) is 1. The van der Waals surface area contributed by atoms with Crippen LogP contribution in [0.3, 0.4) is 0 Å². The van der Waals surface area contributed by atoms with Crippen LogP contribution < -0.4 is 6.15 Å². The molecule has 0 rings (SSSR count). The van der Waals surface area contributed by atoms with Gasteiger partial charge in [-0.25, -0.2) is 0 Å². The molecule has 0 aliphatic heterocycles. The summed E-state index contributed by atoms with van der Waals surface area (Å²) in [6.07, 6.45) is 8.58. The predicted molar refractivity (Wildman–Crippen MR) is 65.0 cm³/mol. The van der Waals surface area contributed by atoms with E-state index in [1.807, 2.05) is 0 Å². The average Bonchev–Trinajstić information content (AvgIpc) is 2.04. The van der Waals surface area contributed by atoms with Gasteiger partial charge in [-0.15, -0.1) is 19.0 Å². The van der Waals surface area contributed by atoms with Gasteiger partial charge in [0.2, 0.25) is 0 Å². The second-order valence-electron chi connectivity index (χ2n) is 3.42. The van der Waals surface area contributed by atoms with Gasteiger partial charge in [-0.1, -0.05) is 39.7 Å². The first-order valence-corrected chi connectivity index (χ1v) is 4.88. The maximum Gasteiger partial charge on any atom is -0.0124 e. The fraction of sp³-hybridized carbons (Fsp3) is 0.818. The smallest absolute Gasteiger partial charge is 0.0124 e. The molecule has 0 aromatic carbocycles. The van der Waals surface area contributed by atoms with Crippen molar-refractivity contribution in [3.05, 3.63) is 12.7 Å². The highest BCUT2D eigenvalue weighted by atomic mass is 35.5. The van der Waals surface area contributed by atoms with Crippen molar-refractivity contribution in [3.63, 3.8) is 0 Å². The number of allylic oxidation sites excluding steroid dienone is 1. The Hall–Kier alpha value is -0.0100. The van der Waals surface area contributed by atoms with Gasteiger partial charge in [0.1, 0.15) is 0 Å². The summed E-state index contributed by atoms with van der Waals surface area (Å²) in [7, 11) is 0. The monoisotopic (exact) mass is 207 g/mol. The van der Waals surface area contributed by atoms with E-state index >= 15 is 0 Å². The van der Waals surface area contributed by atoms with E-state index in [1.165, 1.54) is 32.1 Å². The molecule has 82 valence electrons. The fourth-order valence-corrected chi connectivity index (χ4v) is 1.82. The third-order valence-corrected chi connectivity index (χ3v) is 2.63. The molecule has 0 aromatic rings.